The summed E-state index contributed by atoms with van der Waals surface area (Å²) in [6.07, 6.45) is 3.40. The molecule has 0 N–H and O–H groups in total. The third kappa shape index (κ3) is 4.43. The highest BCUT2D eigenvalue weighted by Crippen LogP contribution is 2.30. The first-order valence-electron chi connectivity index (χ1n) is 8.64. The molecular weight excluding hydrogens is 338 g/mol. The molecule has 1 heterocycles. The quantitative estimate of drug-likeness (QED) is 0.465. The number of nitrogens with zero attached hydrogens (tertiary/aromatic N) is 3. The van der Waals surface area contributed by atoms with Gasteiger partial charge in [-0.1, -0.05) is 42.5 Å². The average molecular weight is 362 g/mol. The van der Waals surface area contributed by atoms with E-state index >= 15 is 0 Å². The summed E-state index contributed by atoms with van der Waals surface area (Å²) in [7, 11) is -1.75. The number of aryl methyl sites for hydroxylation is 1. The maximum atomic E-state index is 6.23. The summed E-state index contributed by atoms with van der Waals surface area (Å²) in [4.78, 5) is 13.9. The van der Waals surface area contributed by atoms with Crippen LogP contribution in [0.3, 0.4) is 0 Å². The summed E-state index contributed by atoms with van der Waals surface area (Å²) in [6, 6.07) is 18.0. The molecule has 0 amide bonds. The second-order valence-corrected chi connectivity index (χ2v) is 11.4. The first-order valence-corrected chi connectivity index (χ1v) is 12.0. The lowest BCUT2D eigenvalue weighted by Gasteiger charge is -2.20. The molecule has 1 aromatic heterocycles. The molecule has 0 spiro atoms. The Hall–Kier alpha value is -2.79. The first-order chi connectivity index (χ1) is 12.4. The van der Waals surface area contributed by atoms with Gasteiger partial charge >= 0.3 is 0 Å². The molecule has 0 unspecified atom stereocenters. The Morgan fingerprint density at radius 3 is 2.23 bits per heavy atom. The van der Waals surface area contributed by atoms with E-state index < -0.39 is 8.32 Å². The molecule has 0 saturated heterocycles. The fourth-order valence-corrected chi connectivity index (χ4v) is 3.41. The molecule has 0 saturated carbocycles. The summed E-state index contributed by atoms with van der Waals surface area (Å²) in [6.45, 7) is 8.44. The van der Waals surface area contributed by atoms with E-state index in [1.165, 1.54) is 0 Å². The van der Waals surface area contributed by atoms with Crippen molar-refractivity contribution < 1.29 is 4.43 Å². The molecule has 5 heteroatoms. The summed E-state index contributed by atoms with van der Waals surface area (Å²) in [5.41, 5.74) is 4.22. The number of aromatic nitrogens is 2. The highest BCUT2D eigenvalue weighted by atomic mass is 28.4. The van der Waals surface area contributed by atoms with Crippen LogP contribution in [0.2, 0.25) is 19.6 Å². The molecule has 0 atom stereocenters. The minimum absolute atomic E-state index is 0.779. The second-order valence-electron chi connectivity index (χ2n) is 7.00. The van der Waals surface area contributed by atoms with Crippen LogP contribution in [0.25, 0.3) is 0 Å². The normalized spacial score (nSPS) is 12.1. The van der Waals surface area contributed by atoms with Crippen molar-refractivity contribution in [3.63, 3.8) is 0 Å². The maximum Gasteiger partial charge on any atom is 0.242 e. The Morgan fingerprint density at radius 2 is 1.54 bits per heavy atom. The second kappa shape index (κ2) is 7.62. The number of hydrogen-bond acceptors (Lipinski definition) is 4. The zero-order chi connectivity index (χ0) is 18.6. The van der Waals surface area contributed by atoms with Crippen molar-refractivity contribution in [1.29, 1.82) is 0 Å². The zero-order valence-corrected chi connectivity index (χ0v) is 16.6. The van der Waals surface area contributed by atoms with Crippen LogP contribution in [0.1, 0.15) is 17.0 Å². The van der Waals surface area contributed by atoms with Gasteiger partial charge in [0.25, 0.3) is 0 Å². The van der Waals surface area contributed by atoms with Gasteiger partial charge < -0.3 is 4.43 Å². The molecule has 0 aliphatic rings. The van der Waals surface area contributed by atoms with Crippen molar-refractivity contribution in [1.82, 2.24) is 9.97 Å². The molecule has 0 fully saturated rings. The molecule has 0 bridgehead atoms. The van der Waals surface area contributed by atoms with Gasteiger partial charge in [-0.2, -0.15) is 0 Å². The Balaban J connectivity index is 2.17. The summed E-state index contributed by atoms with van der Waals surface area (Å²) < 4.78 is 6.23. The van der Waals surface area contributed by atoms with Crippen molar-refractivity contribution in [2.24, 2.45) is 4.99 Å². The smallest absolute Gasteiger partial charge is 0.242 e. The van der Waals surface area contributed by atoms with Gasteiger partial charge in [0.2, 0.25) is 8.32 Å². The summed E-state index contributed by atoms with van der Waals surface area (Å²) in [5, 5.41) is 0. The van der Waals surface area contributed by atoms with E-state index in [0.717, 1.165) is 34.1 Å². The van der Waals surface area contributed by atoms with Gasteiger partial charge in [0.1, 0.15) is 17.1 Å². The van der Waals surface area contributed by atoms with Gasteiger partial charge in [-0.25, -0.2) is 4.99 Å². The van der Waals surface area contributed by atoms with E-state index in [4.69, 9.17) is 9.42 Å². The topological polar surface area (TPSA) is 47.4 Å². The fraction of sp³-hybridized carbons (Fsp3) is 0.190. The van der Waals surface area contributed by atoms with Crippen LogP contribution < -0.4 is 4.43 Å². The minimum Gasteiger partial charge on any atom is -0.543 e. The predicted octanol–water partition coefficient (Wildman–Crippen LogP) is 5.17. The molecule has 0 radical (unpaired) electrons. The van der Waals surface area contributed by atoms with Crippen LogP contribution in [0, 0.1) is 6.92 Å². The predicted molar refractivity (Wildman–Crippen MR) is 109 cm³/mol. The van der Waals surface area contributed by atoms with Gasteiger partial charge in [-0.3, -0.25) is 9.97 Å². The Kier molecular flexibility index (Phi) is 5.28. The van der Waals surface area contributed by atoms with Crippen molar-refractivity contribution in [2.45, 2.75) is 26.6 Å². The van der Waals surface area contributed by atoms with Crippen molar-refractivity contribution in [2.75, 3.05) is 0 Å². The van der Waals surface area contributed by atoms with Crippen LogP contribution in [0.15, 0.2) is 72.0 Å². The molecular formula is C21H23N3OSi. The van der Waals surface area contributed by atoms with Crippen molar-refractivity contribution >= 4 is 19.7 Å². The molecule has 2 aromatic carbocycles. The Morgan fingerprint density at radius 1 is 0.885 bits per heavy atom. The van der Waals surface area contributed by atoms with Gasteiger partial charge in [0.15, 0.2) is 0 Å². The third-order valence-corrected chi connectivity index (χ3v) is 4.50. The van der Waals surface area contributed by atoms with Crippen LogP contribution in [-0.2, 0) is 0 Å². The molecule has 0 aliphatic heterocycles. The van der Waals surface area contributed by atoms with Crippen molar-refractivity contribution in [3.05, 3.63) is 83.9 Å². The largest absolute Gasteiger partial charge is 0.543 e. The van der Waals surface area contributed by atoms with Gasteiger partial charge in [0, 0.05) is 18.0 Å². The first kappa shape index (κ1) is 18.0. The molecule has 3 rings (SSSR count). The highest BCUT2D eigenvalue weighted by molar-refractivity contribution is 6.70. The van der Waals surface area contributed by atoms with Crippen LogP contribution in [-0.4, -0.2) is 24.0 Å². The lowest BCUT2D eigenvalue weighted by molar-refractivity contribution is 0.559. The van der Waals surface area contributed by atoms with E-state index in [1.807, 2.05) is 61.5 Å². The maximum absolute atomic E-state index is 6.23. The van der Waals surface area contributed by atoms with E-state index in [1.54, 1.807) is 12.4 Å². The number of benzene rings is 2. The molecule has 132 valence electrons. The van der Waals surface area contributed by atoms with E-state index in [2.05, 4.69) is 29.6 Å². The van der Waals surface area contributed by atoms with Crippen LogP contribution >= 0.6 is 0 Å². The Labute approximate surface area is 155 Å². The van der Waals surface area contributed by atoms with E-state index in [0.29, 0.717) is 0 Å². The number of para-hydroxylation sites is 2. The Bertz CT molecular complexity index is 918. The van der Waals surface area contributed by atoms with Gasteiger partial charge in [-0.15, -0.1) is 0 Å². The minimum atomic E-state index is -1.75. The number of aliphatic imine (C=N–C) groups is 1. The van der Waals surface area contributed by atoms with Gasteiger partial charge in [-0.05, 0) is 38.7 Å². The monoisotopic (exact) mass is 361 g/mol. The van der Waals surface area contributed by atoms with Gasteiger partial charge in [0.05, 0.1) is 11.4 Å². The SMILES string of the molecule is Cc1nccnc1C(=Nc1ccccc1O[Si](C)(C)C)c1ccccc1. The van der Waals surface area contributed by atoms with Crippen LogP contribution in [0.5, 0.6) is 5.75 Å². The fourth-order valence-electron chi connectivity index (χ4n) is 2.58. The van der Waals surface area contributed by atoms with Crippen molar-refractivity contribution in [3.8, 4) is 5.75 Å². The van der Waals surface area contributed by atoms with Crippen LogP contribution in [0.4, 0.5) is 5.69 Å². The molecule has 26 heavy (non-hydrogen) atoms. The van der Waals surface area contributed by atoms with E-state index in [-0.39, 0.29) is 0 Å². The molecule has 4 nitrogen and oxygen atoms in total. The lowest BCUT2D eigenvalue weighted by atomic mass is 10.1. The third-order valence-electron chi connectivity index (χ3n) is 3.67. The van der Waals surface area contributed by atoms with E-state index in [9.17, 15) is 0 Å². The molecule has 0 aliphatic carbocycles. The lowest BCUT2D eigenvalue weighted by Crippen LogP contribution is -2.29. The number of rotatable bonds is 5. The standard InChI is InChI=1S/C21H23N3OSi/c1-16-20(23-15-14-22-16)21(17-10-6-5-7-11-17)24-18-12-8-9-13-19(18)25-26(2,3)4/h5-15H,1-4H3. The zero-order valence-electron chi connectivity index (χ0n) is 15.6. The summed E-state index contributed by atoms with van der Waals surface area (Å²) >= 11 is 0. The average Bonchev–Trinajstić information content (AvgIpc) is 2.61. The highest BCUT2D eigenvalue weighted by Gasteiger charge is 2.19. The summed E-state index contributed by atoms with van der Waals surface area (Å²) in [5.74, 6) is 0.807. The molecule has 3 aromatic rings. The number of hydrogen-bond donors (Lipinski definition) is 0.